The van der Waals surface area contributed by atoms with E-state index in [9.17, 15) is 0 Å². The second-order valence-corrected chi connectivity index (χ2v) is 7.19. The number of halogens is 1. The Balaban J connectivity index is 2.04. The molecule has 25 heavy (non-hydrogen) atoms. The van der Waals surface area contributed by atoms with Crippen molar-refractivity contribution < 1.29 is 0 Å². The Morgan fingerprint density at radius 2 is 1.76 bits per heavy atom. The normalized spacial score (nSPS) is 11.7. The Morgan fingerprint density at radius 1 is 1.08 bits per heavy atom. The average Bonchev–Trinajstić information content (AvgIpc) is 2.94. The van der Waals surface area contributed by atoms with Crippen molar-refractivity contribution in [1.29, 1.82) is 0 Å². The average molecular weight is 365 g/mol. The number of fused-ring (bicyclic) bond motifs is 1. The van der Waals surface area contributed by atoms with Gasteiger partial charge in [-0.25, -0.2) is 4.98 Å². The first kappa shape index (κ1) is 20.2. The van der Waals surface area contributed by atoms with Gasteiger partial charge in [0.15, 0.2) is 0 Å². The number of hydrogen-bond donors (Lipinski definition) is 1. The highest BCUT2D eigenvalue weighted by Crippen LogP contribution is 2.21. The third kappa shape index (κ3) is 5.98. The maximum Gasteiger partial charge on any atom is 0.111 e. The molecule has 4 nitrogen and oxygen atoms in total. The lowest BCUT2D eigenvalue weighted by molar-refractivity contribution is 0.257. The van der Waals surface area contributed by atoms with Crippen molar-refractivity contribution >= 4 is 22.6 Å². The summed E-state index contributed by atoms with van der Waals surface area (Å²) >= 11 is 6.20. The minimum Gasteiger partial charge on any atom is -0.330 e. The van der Waals surface area contributed by atoms with Gasteiger partial charge in [0.05, 0.1) is 11.0 Å². The predicted molar refractivity (Wildman–Crippen MR) is 108 cm³/mol. The number of hydrogen-bond acceptors (Lipinski definition) is 3. The van der Waals surface area contributed by atoms with E-state index in [2.05, 4.69) is 23.3 Å². The second kappa shape index (κ2) is 10.8. The van der Waals surface area contributed by atoms with Gasteiger partial charge in [0.2, 0.25) is 0 Å². The van der Waals surface area contributed by atoms with Crippen LogP contribution in [0.2, 0.25) is 5.02 Å². The Bertz CT molecular complexity index is 630. The number of nitrogens with zero attached hydrogens (tertiary/aromatic N) is 3. The van der Waals surface area contributed by atoms with E-state index in [1.54, 1.807) is 0 Å². The second-order valence-electron chi connectivity index (χ2n) is 6.75. The standard InChI is InChI=1S/C20H33ClN4/c1-3-5-12-24(13-6-4-2)14-7-15-25-19-16-17(21)8-9-18(19)23-20(25)10-11-22/h8-9,16H,3-7,10-15,22H2,1-2H3. The highest BCUT2D eigenvalue weighted by Gasteiger charge is 2.11. The van der Waals surface area contributed by atoms with Gasteiger partial charge in [-0.15, -0.1) is 0 Å². The van der Waals surface area contributed by atoms with Crippen LogP contribution < -0.4 is 5.73 Å². The largest absolute Gasteiger partial charge is 0.330 e. The van der Waals surface area contributed by atoms with Crippen LogP contribution in [0, 0.1) is 0 Å². The fourth-order valence-corrected chi connectivity index (χ4v) is 3.43. The van der Waals surface area contributed by atoms with E-state index in [-0.39, 0.29) is 0 Å². The van der Waals surface area contributed by atoms with Gasteiger partial charge in [0.25, 0.3) is 0 Å². The van der Waals surface area contributed by atoms with Gasteiger partial charge in [-0.05, 0) is 63.6 Å². The summed E-state index contributed by atoms with van der Waals surface area (Å²) in [6, 6.07) is 5.93. The molecule has 140 valence electrons. The smallest absolute Gasteiger partial charge is 0.111 e. The fourth-order valence-electron chi connectivity index (χ4n) is 3.27. The maximum absolute atomic E-state index is 6.20. The molecule has 0 bridgehead atoms. The first-order valence-electron chi connectivity index (χ1n) is 9.76. The number of benzene rings is 1. The molecule has 2 N–H and O–H groups in total. The predicted octanol–water partition coefficient (Wildman–Crippen LogP) is 4.48. The molecule has 0 spiro atoms. The molecule has 0 aliphatic heterocycles. The Morgan fingerprint density at radius 3 is 2.40 bits per heavy atom. The Hall–Kier alpha value is -1.10. The molecule has 0 unspecified atom stereocenters. The fraction of sp³-hybridized carbons (Fsp3) is 0.650. The minimum atomic E-state index is 0.621. The number of nitrogens with two attached hydrogens (primary N) is 1. The number of aryl methyl sites for hydroxylation is 1. The molecular weight excluding hydrogens is 332 g/mol. The molecule has 0 saturated heterocycles. The molecule has 0 saturated carbocycles. The minimum absolute atomic E-state index is 0.621. The molecule has 2 aromatic rings. The number of aromatic nitrogens is 2. The summed E-state index contributed by atoms with van der Waals surface area (Å²) in [5.74, 6) is 1.08. The third-order valence-corrected chi connectivity index (χ3v) is 4.90. The van der Waals surface area contributed by atoms with E-state index < -0.39 is 0 Å². The van der Waals surface area contributed by atoms with Crippen molar-refractivity contribution in [3.05, 3.63) is 29.0 Å². The molecule has 2 rings (SSSR count). The van der Waals surface area contributed by atoms with Gasteiger partial charge in [-0.2, -0.15) is 0 Å². The highest BCUT2D eigenvalue weighted by atomic mass is 35.5. The summed E-state index contributed by atoms with van der Waals surface area (Å²) in [7, 11) is 0. The van der Waals surface area contributed by atoms with Crippen LogP contribution in [0.5, 0.6) is 0 Å². The number of unbranched alkanes of at least 4 members (excludes halogenated alkanes) is 2. The molecule has 0 fully saturated rings. The van der Waals surface area contributed by atoms with Crippen LogP contribution in [-0.4, -0.2) is 40.6 Å². The summed E-state index contributed by atoms with van der Waals surface area (Å²) in [5.41, 5.74) is 7.92. The first-order valence-corrected chi connectivity index (χ1v) is 10.1. The zero-order chi connectivity index (χ0) is 18.1. The van der Waals surface area contributed by atoms with Crippen LogP contribution in [0.15, 0.2) is 18.2 Å². The zero-order valence-corrected chi connectivity index (χ0v) is 16.6. The quantitative estimate of drug-likeness (QED) is 0.603. The molecule has 5 heteroatoms. The van der Waals surface area contributed by atoms with Crippen molar-refractivity contribution in [3.63, 3.8) is 0 Å². The molecule has 0 atom stereocenters. The van der Waals surface area contributed by atoms with Gasteiger partial charge in [-0.3, -0.25) is 0 Å². The van der Waals surface area contributed by atoms with E-state index in [1.807, 2.05) is 18.2 Å². The number of rotatable bonds is 12. The topological polar surface area (TPSA) is 47.1 Å². The Labute approximate surface area is 157 Å². The van der Waals surface area contributed by atoms with Crippen molar-refractivity contribution in [2.45, 2.75) is 58.9 Å². The molecule has 0 aliphatic rings. The van der Waals surface area contributed by atoms with Gasteiger partial charge in [0.1, 0.15) is 5.82 Å². The molecular formula is C20H33ClN4. The van der Waals surface area contributed by atoms with Crippen molar-refractivity contribution in [1.82, 2.24) is 14.5 Å². The van der Waals surface area contributed by atoms with E-state index in [1.165, 1.54) is 38.8 Å². The van der Waals surface area contributed by atoms with Crippen molar-refractivity contribution in [2.24, 2.45) is 5.73 Å². The monoisotopic (exact) mass is 364 g/mol. The number of imidazole rings is 1. The highest BCUT2D eigenvalue weighted by molar-refractivity contribution is 6.31. The lowest BCUT2D eigenvalue weighted by Crippen LogP contribution is -2.28. The SMILES string of the molecule is CCCCN(CCCC)CCCn1c(CCN)nc2ccc(Cl)cc21. The molecule has 0 amide bonds. The van der Waals surface area contributed by atoms with Gasteiger partial charge >= 0.3 is 0 Å². The van der Waals surface area contributed by atoms with Crippen LogP contribution in [0.25, 0.3) is 11.0 Å². The van der Waals surface area contributed by atoms with E-state index >= 15 is 0 Å². The van der Waals surface area contributed by atoms with Gasteiger partial charge in [0, 0.05) is 18.0 Å². The summed E-state index contributed by atoms with van der Waals surface area (Å²) in [6.45, 7) is 9.68. The lowest BCUT2D eigenvalue weighted by Gasteiger charge is -2.22. The molecule has 1 heterocycles. The van der Waals surface area contributed by atoms with Crippen LogP contribution in [-0.2, 0) is 13.0 Å². The van der Waals surface area contributed by atoms with Crippen molar-refractivity contribution in [3.8, 4) is 0 Å². The summed E-state index contributed by atoms with van der Waals surface area (Å²) in [6.07, 6.45) is 7.02. The molecule has 0 aliphatic carbocycles. The van der Waals surface area contributed by atoms with Crippen LogP contribution in [0.3, 0.4) is 0 Å². The van der Waals surface area contributed by atoms with Crippen LogP contribution in [0.1, 0.15) is 51.8 Å². The van der Waals surface area contributed by atoms with Gasteiger partial charge in [-0.1, -0.05) is 38.3 Å². The van der Waals surface area contributed by atoms with E-state index in [0.29, 0.717) is 6.54 Å². The van der Waals surface area contributed by atoms with Crippen LogP contribution >= 0.6 is 11.6 Å². The maximum atomic E-state index is 6.20. The van der Waals surface area contributed by atoms with Crippen molar-refractivity contribution in [2.75, 3.05) is 26.2 Å². The van der Waals surface area contributed by atoms with E-state index in [0.717, 1.165) is 47.8 Å². The Kier molecular flexibility index (Phi) is 8.73. The first-order chi connectivity index (χ1) is 12.2. The molecule has 0 radical (unpaired) electrons. The van der Waals surface area contributed by atoms with E-state index in [4.69, 9.17) is 22.3 Å². The lowest BCUT2D eigenvalue weighted by atomic mass is 10.2. The van der Waals surface area contributed by atoms with Crippen LogP contribution in [0.4, 0.5) is 0 Å². The summed E-state index contributed by atoms with van der Waals surface area (Å²) in [5, 5.41) is 0.764. The molecule has 1 aromatic carbocycles. The summed E-state index contributed by atoms with van der Waals surface area (Å²) < 4.78 is 2.31. The van der Waals surface area contributed by atoms with Gasteiger partial charge < -0.3 is 15.2 Å². The third-order valence-electron chi connectivity index (χ3n) is 4.67. The molecule has 1 aromatic heterocycles. The summed E-state index contributed by atoms with van der Waals surface area (Å²) in [4.78, 5) is 7.36. The zero-order valence-electron chi connectivity index (χ0n) is 15.8.